The number of nitrogens with zero attached hydrogens (tertiary/aromatic N) is 2. The summed E-state index contributed by atoms with van der Waals surface area (Å²) in [7, 11) is 0. The summed E-state index contributed by atoms with van der Waals surface area (Å²) in [6, 6.07) is 15.8. The van der Waals surface area contributed by atoms with Crippen LogP contribution in [0.25, 0.3) is 0 Å². The van der Waals surface area contributed by atoms with Crippen LogP contribution < -0.4 is 21.5 Å². The van der Waals surface area contributed by atoms with Crippen molar-refractivity contribution < 1.29 is 53.6 Å². The van der Waals surface area contributed by atoms with E-state index >= 15 is 0 Å². The van der Waals surface area contributed by atoms with Gasteiger partial charge in [-0.25, -0.2) is 24.2 Å². The van der Waals surface area contributed by atoms with E-state index in [-0.39, 0.29) is 36.0 Å². The van der Waals surface area contributed by atoms with Crippen molar-refractivity contribution in [2.24, 2.45) is 16.5 Å². The number of carboxylic acids is 3. The molecule has 0 aromatic heterocycles. The van der Waals surface area contributed by atoms with E-state index in [1.54, 1.807) is 0 Å². The maximum Gasteiger partial charge on any atom is 0.410 e. The van der Waals surface area contributed by atoms with Gasteiger partial charge in [0.1, 0.15) is 24.9 Å². The van der Waals surface area contributed by atoms with Crippen LogP contribution in [0.3, 0.4) is 0 Å². The lowest BCUT2D eigenvalue weighted by atomic mass is 10.1. The molecule has 16 nitrogen and oxygen atoms in total. The van der Waals surface area contributed by atoms with E-state index in [2.05, 4.69) is 4.99 Å². The Balaban J connectivity index is 1.67. The van der Waals surface area contributed by atoms with Crippen LogP contribution in [0.1, 0.15) is 38.3 Å². The van der Waals surface area contributed by atoms with E-state index in [9.17, 15) is 39.0 Å². The third kappa shape index (κ3) is 10.7. The molecule has 0 fully saturated rings. The quantitative estimate of drug-likeness (QED) is 0.0638. The summed E-state index contributed by atoms with van der Waals surface area (Å²) in [5, 5.41) is 29.5. The summed E-state index contributed by atoms with van der Waals surface area (Å²) in [6.07, 6.45) is -1.91. The largest absolute Gasteiger partial charge is 0.481 e. The number of ether oxygens (including phenoxy) is 2. The van der Waals surface area contributed by atoms with Gasteiger partial charge < -0.3 is 41.6 Å². The van der Waals surface area contributed by atoms with Crippen molar-refractivity contribution in [2.75, 3.05) is 6.54 Å². The van der Waals surface area contributed by atoms with Gasteiger partial charge in [0.25, 0.3) is 0 Å². The first-order chi connectivity index (χ1) is 21.8. The lowest BCUT2D eigenvalue weighted by molar-refractivity contribution is -0.147. The zero-order chi connectivity index (χ0) is 33.8. The second-order valence-electron chi connectivity index (χ2n) is 9.59. The van der Waals surface area contributed by atoms with Crippen LogP contribution in [-0.2, 0) is 32.3 Å². The maximum absolute atomic E-state index is 13.0. The molecule has 0 aliphatic heterocycles. The van der Waals surface area contributed by atoms with Crippen molar-refractivity contribution in [1.82, 2.24) is 10.2 Å². The predicted molar refractivity (Wildman–Crippen MR) is 159 cm³/mol. The van der Waals surface area contributed by atoms with E-state index in [0.717, 1.165) is 4.90 Å². The summed E-state index contributed by atoms with van der Waals surface area (Å²) in [5.41, 5.74) is 12.1. The number of carboxylic acid groups (broad SMARTS) is 3. The van der Waals surface area contributed by atoms with Crippen LogP contribution in [0.5, 0.6) is 5.75 Å². The molecule has 0 heterocycles. The van der Waals surface area contributed by atoms with Crippen molar-refractivity contribution in [2.45, 2.75) is 25.6 Å². The molecule has 3 aromatic rings. The van der Waals surface area contributed by atoms with Gasteiger partial charge in [0, 0.05) is 6.54 Å². The first-order valence-electron chi connectivity index (χ1n) is 13.3. The Morgan fingerprint density at radius 2 is 1.52 bits per heavy atom. The number of carbonyl (C=O) groups is 6. The minimum atomic E-state index is -1.75. The molecule has 240 valence electrons. The van der Waals surface area contributed by atoms with Gasteiger partial charge in [-0.2, -0.15) is 0 Å². The average Bonchev–Trinajstić information content (AvgIpc) is 2.99. The van der Waals surface area contributed by atoms with Gasteiger partial charge in [0.05, 0.1) is 23.2 Å². The van der Waals surface area contributed by atoms with Crippen LogP contribution in [0.4, 0.5) is 10.5 Å². The molecule has 0 saturated carbocycles. The lowest BCUT2D eigenvalue weighted by Gasteiger charge is -2.23. The summed E-state index contributed by atoms with van der Waals surface area (Å²) in [5.74, 6) is -5.85. The number of aliphatic carboxylic acids is 2. The van der Waals surface area contributed by atoms with Crippen LogP contribution >= 0.6 is 0 Å². The Hall–Kier alpha value is -6.45. The van der Waals surface area contributed by atoms with Crippen LogP contribution in [0.2, 0.25) is 0 Å². The molecule has 2 amide bonds. The minimum Gasteiger partial charge on any atom is -0.481 e. The number of rotatable bonds is 14. The average molecular weight is 636 g/mol. The van der Waals surface area contributed by atoms with E-state index in [4.69, 9.17) is 26.0 Å². The number of benzene rings is 3. The number of aliphatic imine (C=N–C) groups is 1. The van der Waals surface area contributed by atoms with E-state index in [1.165, 1.54) is 72.8 Å². The van der Waals surface area contributed by atoms with Gasteiger partial charge in [-0.3, -0.25) is 14.5 Å². The number of esters is 1. The van der Waals surface area contributed by atoms with Gasteiger partial charge in [0.2, 0.25) is 5.91 Å². The number of amides is 2. The molecule has 8 N–H and O–H groups in total. The summed E-state index contributed by atoms with van der Waals surface area (Å²) in [4.78, 5) is 76.6. The standard InChI is InChI=1S/C30H29N5O11/c31-29(32)33-21-8-6-19(7-9-21)28(43)46-22-10-4-17(5-11-22)16-45-30(44)35(14-18-2-1-3-20(12-18)26(39)40)15-24(36)34-23(27(41)42)13-25(37)38/h1-12,23H,13-16H2,(H,34,36)(H,37,38)(H,39,40)(H,41,42)(H4,31,32,33). The highest BCUT2D eigenvalue weighted by Crippen LogP contribution is 2.18. The molecule has 0 aliphatic rings. The SMILES string of the molecule is NC(N)=Nc1ccc(C(=O)Oc2ccc(COC(=O)N(CC(=O)NC(CC(=O)O)C(=O)O)Cc3cccc(C(=O)O)c3)cc2)cc1. The molecule has 3 aromatic carbocycles. The minimum absolute atomic E-state index is 0.0774. The maximum atomic E-state index is 13.0. The van der Waals surface area contributed by atoms with Gasteiger partial charge in [-0.15, -0.1) is 0 Å². The van der Waals surface area contributed by atoms with Crippen molar-refractivity contribution >= 4 is 47.5 Å². The normalized spacial score (nSPS) is 11.0. The first-order valence-corrected chi connectivity index (χ1v) is 13.3. The fourth-order valence-electron chi connectivity index (χ4n) is 3.87. The predicted octanol–water partition coefficient (Wildman–Crippen LogP) is 1.69. The number of hydrogen-bond donors (Lipinski definition) is 6. The molecule has 0 radical (unpaired) electrons. The van der Waals surface area contributed by atoms with Crippen LogP contribution in [0.15, 0.2) is 77.8 Å². The number of nitrogens with two attached hydrogens (primary N) is 2. The van der Waals surface area contributed by atoms with Crippen LogP contribution in [0, 0.1) is 0 Å². The van der Waals surface area contributed by atoms with Gasteiger partial charge in [0.15, 0.2) is 5.96 Å². The fourth-order valence-corrected chi connectivity index (χ4v) is 3.87. The van der Waals surface area contributed by atoms with Crippen molar-refractivity contribution in [3.63, 3.8) is 0 Å². The second-order valence-corrected chi connectivity index (χ2v) is 9.59. The summed E-state index contributed by atoms with van der Waals surface area (Å²) in [6.45, 7) is -1.32. The molecule has 16 heteroatoms. The topological polar surface area (TPSA) is 261 Å². The first kappa shape index (κ1) is 34.0. The molecule has 0 spiro atoms. The Labute approximate surface area is 260 Å². The Kier molecular flexibility index (Phi) is 11.7. The van der Waals surface area contributed by atoms with Crippen molar-refractivity contribution in [3.05, 3.63) is 95.1 Å². The Bertz CT molecular complexity index is 1640. The molecule has 1 atom stereocenters. The highest BCUT2D eigenvalue weighted by atomic mass is 16.6. The number of aromatic carboxylic acids is 1. The number of hydrogen-bond acceptors (Lipinski definition) is 9. The third-order valence-corrected chi connectivity index (χ3v) is 6.01. The third-order valence-electron chi connectivity index (χ3n) is 6.01. The molecule has 1 unspecified atom stereocenters. The Morgan fingerprint density at radius 3 is 2.11 bits per heavy atom. The molecule has 0 bridgehead atoms. The zero-order valence-electron chi connectivity index (χ0n) is 24.0. The molecule has 3 rings (SSSR count). The van der Waals surface area contributed by atoms with Crippen molar-refractivity contribution in [1.29, 1.82) is 0 Å². The van der Waals surface area contributed by atoms with E-state index in [0.29, 0.717) is 16.8 Å². The molecule has 46 heavy (non-hydrogen) atoms. The van der Waals surface area contributed by atoms with Crippen LogP contribution in [-0.4, -0.2) is 74.6 Å². The van der Waals surface area contributed by atoms with Gasteiger partial charge in [-0.05, 0) is 59.7 Å². The Morgan fingerprint density at radius 1 is 0.848 bits per heavy atom. The van der Waals surface area contributed by atoms with E-state index in [1.807, 2.05) is 5.32 Å². The van der Waals surface area contributed by atoms with E-state index < -0.39 is 54.9 Å². The highest BCUT2D eigenvalue weighted by Gasteiger charge is 2.26. The molecule has 0 aliphatic carbocycles. The monoisotopic (exact) mass is 635 g/mol. The fraction of sp³-hybridized carbons (Fsp3) is 0.167. The molecular formula is C30H29N5O11. The summed E-state index contributed by atoms with van der Waals surface area (Å²) < 4.78 is 10.7. The second kappa shape index (κ2) is 15.9. The van der Waals surface area contributed by atoms with Gasteiger partial charge in [-0.1, -0.05) is 24.3 Å². The highest BCUT2D eigenvalue weighted by molar-refractivity contribution is 5.92. The zero-order valence-corrected chi connectivity index (χ0v) is 24.0. The number of nitrogens with one attached hydrogen (secondary N) is 1. The number of carbonyl (C=O) groups excluding carboxylic acids is 3. The molecular weight excluding hydrogens is 606 g/mol. The summed E-state index contributed by atoms with van der Waals surface area (Å²) >= 11 is 0. The smallest absolute Gasteiger partial charge is 0.410 e. The van der Waals surface area contributed by atoms with Crippen molar-refractivity contribution in [3.8, 4) is 5.75 Å². The van der Waals surface area contributed by atoms with Gasteiger partial charge >= 0.3 is 30.0 Å². The lowest BCUT2D eigenvalue weighted by Crippen LogP contribution is -2.47. The number of guanidine groups is 1. The molecule has 0 saturated heterocycles.